The zero-order chi connectivity index (χ0) is 18.7. The SMILES string of the molecule is CCCCCCCCCCCCCC(=O)NCCCSc1ccncc1. The number of hydrogen-bond acceptors (Lipinski definition) is 3. The quantitative estimate of drug-likeness (QED) is 0.252. The highest BCUT2D eigenvalue weighted by atomic mass is 32.2. The lowest BCUT2D eigenvalue weighted by molar-refractivity contribution is -0.121. The van der Waals surface area contributed by atoms with E-state index in [-0.39, 0.29) is 5.91 Å². The first kappa shape index (κ1) is 23.0. The van der Waals surface area contributed by atoms with E-state index in [0.29, 0.717) is 6.42 Å². The van der Waals surface area contributed by atoms with Crippen molar-refractivity contribution in [2.24, 2.45) is 0 Å². The van der Waals surface area contributed by atoms with Crippen LogP contribution in [0.4, 0.5) is 0 Å². The van der Waals surface area contributed by atoms with Gasteiger partial charge in [0, 0.05) is 30.3 Å². The normalized spacial score (nSPS) is 10.8. The molecule has 0 aliphatic heterocycles. The largest absolute Gasteiger partial charge is 0.356 e. The molecule has 1 aromatic rings. The number of nitrogens with one attached hydrogen (secondary N) is 1. The third-order valence-electron chi connectivity index (χ3n) is 4.57. The first-order valence-electron chi connectivity index (χ1n) is 10.6. The minimum Gasteiger partial charge on any atom is -0.356 e. The second kappa shape index (κ2) is 17.4. The number of aromatic nitrogens is 1. The second-order valence-corrected chi connectivity index (χ2v) is 8.19. The summed E-state index contributed by atoms with van der Waals surface area (Å²) in [5.74, 6) is 1.25. The van der Waals surface area contributed by atoms with Gasteiger partial charge in [-0.3, -0.25) is 9.78 Å². The fourth-order valence-corrected chi connectivity index (χ4v) is 3.80. The van der Waals surface area contributed by atoms with Crippen LogP contribution in [0.1, 0.15) is 90.4 Å². The molecule has 1 amide bonds. The summed E-state index contributed by atoms with van der Waals surface area (Å²) in [6.45, 7) is 3.05. The average Bonchev–Trinajstić information content (AvgIpc) is 2.66. The van der Waals surface area contributed by atoms with Crippen LogP contribution in [0.25, 0.3) is 0 Å². The zero-order valence-electron chi connectivity index (χ0n) is 16.7. The van der Waals surface area contributed by atoms with Gasteiger partial charge in [0.1, 0.15) is 0 Å². The van der Waals surface area contributed by atoms with E-state index in [0.717, 1.165) is 25.1 Å². The Bertz CT molecular complexity index is 439. The maximum Gasteiger partial charge on any atom is 0.219 e. The summed E-state index contributed by atoms with van der Waals surface area (Å²) in [5, 5.41) is 3.04. The van der Waals surface area contributed by atoms with Crippen molar-refractivity contribution in [3.63, 3.8) is 0 Å². The number of rotatable bonds is 17. The number of nitrogens with zero attached hydrogens (tertiary/aromatic N) is 1. The van der Waals surface area contributed by atoms with Crippen molar-refractivity contribution in [1.82, 2.24) is 10.3 Å². The van der Waals surface area contributed by atoms with Gasteiger partial charge in [0.15, 0.2) is 0 Å². The average molecular weight is 379 g/mol. The Labute approximate surface area is 165 Å². The van der Waals surface area contributed by atoms with Crippen LogP contribution in [0.2, 0.25) is 0 Å². The Balaban J connectivity index is 1.80. The summed E-state index contributed by atoms with van der Waals surface area (Å²) in [4.78, 5) is 17.1. The smallest absolute Gasteiger partial charge is 0.219 e. The highest BCUT2D eigenvalue weighted by Crippen LogP contribution is 2.16. The Kier molecular flexibility index (Phi) is 15.4. The molecule has 0 saturated carbocycles. The molecule has 3 nitrogen and oxygen atoms in total. The summed E-state index contributed by atoms with van der Waals surface area (Å²) in [7, 11) is 0. The standard InChI is InChI=1S/C22H38N2OS/c1-2-3-4-5-6-7-8-9-10-11-12-14-22(25)24-17-13-20-26-21-15-18-23-19-16-21/h15-16,18-19H,2-14,17,20H2,1H3,(H,24,25). The fourth-order valence-electron chi connectivity index (χ4n) is 2.96. The summed E-state index contributed by atoms with van der Waals surface area (Å²) in [6, 6.07) is 4.05. The Morgan fingerprint density at radius 3 is 2.08 bits per heavy atom. The van der Waals surface area contributed by atoms with Crippen LogP contribution in [0.3, 0.4) is 0 Å². The first-order valence-corrected chi connectivity index (χ1v) is 11.6. The third kappa shape index (κ3) is 14.2. The number of carbonyl (C=O) groups is 1. The van der Waals surface area contributed by atoms with Gasteiger partial charge in [0.05, 0.1) is 0 Å². The van der Waals surface area contributed by atoms with Crippen LogP contribution < -0.4 is 5.32 Å². The molecular formula is C22H38N2OS. The molecule has 1 N–H and O–H groups in total. The molecule has 0 bridgehead atoms. The lowest BCUT2D eigenvalue weighted by Gasteiger charge is -2.06. The van der Waals surface area contributed by atoms with E-state index in [1.165, 1.54) is 69.1 Å². The van der Waals surface area contributed by atoms with Crippen LogP contribution in [0.15, 0.2) is 29.4 Å². The molecule has 148 valence electrons. The predicted molar refractivity (Wildman–Crippen MR) is 114 cm³/mol. The molecule has 0 radical (unpaired) electrons. The summed E-state index contributed by atoms with van der Waals surface area (Å²) >= 11 is 1.82. The fraction of sp³-hybridized carbons (Fsp3) is 0.727. The highest BCUT2D eigenvalue weighted by Gasteiger charge is 2.01. The molecular weight excluding hydrogens is 340 g/mol. The summed E-state index contributed by atoms with van der Waals surface area (Å²) in [6.07, 6.45) is 19.9. The van der Waals surface area contributed by atoms with Crippen molar-refractivity contribution in [2.75, 3.05) is 12.3 Å². The molecule has 1 rings (SSSR count). The second-order valence-electron chi connectivity index (χ2n) is 7.02. The van der Waals surface area contributed by atoms with Gasteiger partial charge in [0.25, 0.3) is 0 Å². The van der Waals surface area contributed by atoms with E-state index in [4.69, 9.17) is 0 Å². The number of unbranched alkanes of at least 4 members (excludes halogenated alkanes) is 10. The summed E-state index contributed by atoms with van der Waals surface area (Å²) in [5.41, 5.74) is 0. The number of hydrogen-bond donors (Lipinski definition) is 1. The molecule has 0 atom stereocenters. The molecule has 0 aliphatic carbocycles. The molecule has 1 aromatic heterocycles. The van der Waals surface area contributed by atoms with Crippen molar-refractivity contribution < 1.29 is 4.79 Å². The van der Waals surface area contributed by atoms with Gasteiger partial charge in [-0.1, -0.05) is 71.1 Å². The van der Waals surface area contributed by atoms with Crippen LogP contribution in [-0.2, 0) is 4.79 Å². The van der Waals surface area contributed by atoms with Crippen molar-refractivity contribution in [2.45, 2.75) is 95.3 Å². The molecule has 0 spiro atoms. The number of amides is 1. The molecule has 4 heteroatoms. The van der Waals surface area contributed by atoms with Crippen molar-refractivity contribution in [1.29, 1.82) is 0 Å². The van der Waals surface area contributed by atoms with Crippen LogP contribution in [-0.4, -0.2) is 23.2 Å². The molecule has 0 unspecified atom stereocenters. The van der Waals surface area contributed by atoms with Crippen molar-refractivity contribution in [3.8, 4) is 0 Å². The molecule has 0 saturated heterocycles. The molecule has 1 heterocycles. The van der Waals surface area contributed by atoms with E-state index in [1.807, 2.05) is 36.3 Å². The minimum absolute atomic E-state index is 0.217. The Morgan fingerprint density at radius 2 is 1.46 bits per heavy atom. The van der Waals surface area contributed by atoms with E-state index < -0.39 is 0 Å². The Morgan fingerprint density at radius 1 is 0.885 bits per heavy atom. The van der Waals surface area contributed by atoms with Crippen LogP contribution >= 0.6 is 11.8 Å². The van der Waals surface area contributed by atoms with Crippen molar-refractivity contribution in [3.05, 3.63) is 24.5 Å². The van der Waals surface area contributed by atoms with E-state index >= 15 is 0 Å². The maximum absolute atomic E-state index is 11.8. The van der Waals surface area contributed by atoms with E-state index in [9.17, 15) is 4.79 Å². The van der Waals surface area contributed by atoms with Crippen LogP contribution in [0.5, 0.6) is 0 Å². The lowest BCUT2D eigenvalue weighted by atomic mass is 10.1. The van der Waals surface area contributed by atoms with Gasteiger partial charge in [-0.25, -0.2) is 0 Å². The highest BCUT2D eigenvalue weighted by molar-refractivity contribution is 7.99. The molecule has 0 aromatic carbocycles. The van der Waals surface area contributed by atoms with Gasteiger partial charge in [-0.15, -0.1) is 11.8 Å². The third-order valence-corrected chi connectivity index (χ3v) is 5.67. The van der Waals surface area contributed by atoms with Gasteiger partial charge >= 0.3 is 0 Å². The topological polar surface area (TPSA) is 42.0 Å². The van der Waals surface area contributed by atoms with Crippen molar-refractivity contribution >= 4 is 17.7 Å². The van der Waals surface area contributed by atoms with Gasteiger partial charge in [-0.2, -0.15) is 0 Å². The number of pyridine rings is 1. The predicted octanol–water partition coefficient (Wildman–Crippen LogP) is 6.38. The Hall–Kier alpha value is -1.03. The molecule has 0 aliphatic rings. The zero-order valence-corrected chi connectivity index (χ0v) is 17.5. The monoisotopic (exact) mass is 378 g/mol. The van der Waals surface area contributed by atoms with E-state index in [2.05, 4.69) is 17.2 Å². The van der Waals surface area contributed by atoms with E-state index in [1.54, 1.807) is 0 Å². The minimum atomic E-state index is 0.217. The first-order chi connectivity index (χ1) is 12.8. The summed E-state index contributed by atoms with van der Waals surface area (Å²) < 4.78 is 0. The number of thioether (sulfide) groups is 1. The molecule has 26 heavy (non-hydrogen) atoms. The lowest BCUT2D eigenvalue weighted by Crippen LogP contribution is -2.24. The van der Waals surface area contributed by atoms with Crippen LogP contribution in [0, 0.1) is 0 Å². The van der Waals surface area contributed by atoms with Gasteiger partial charge < -0.3 is 5.32 Å². The maximum atomic E-state index is 11.8. The van der Waals surface area contributed by atoms with Gasteiger partial charge in [0.2, 0.25) is 5.91 Å². The molecule has 0 fully saturated rings. The van der Waals surface area contributed by atoms with Gasteiger partial charge in [-0.05, 0) is 30.7 Å². The number of carbonyl (C=O) groups excluding carboxylic acids is 1.